The van der Waals surface area contributed by atoms with Crippen LogP contribution in [0.4, 0.5) is 10.1 Å². The van der Waals surface area contributed by atoms with Gasteiger partial charge in [-0.2, -0.15) is 4.99 Å². The van der Waals surface area contributed by atoms with Gasteiger partial charge in [-0.05, 0) is 18.9 Å². The first kappa shape index (κ1) is 12.8. The van der Waals surface area contributed by atoms with Gasteiger partial charge in [0.1, 0.15) is 11.4 Å². The van der Waals surface area contributed by atoms with Crippen LogP contribution in [-0.2, 0) is 10.3 Å². The van der Waals surface area contributed by atoms with E-state index in [-0.39, 0.29) is 5.82 Å². The zero-order chi connectivity index (χ0) is 13.2. The Morgan fingerprint density at radius 3 is 2.56 bits per heavy atom. The Morgan fingerprint density at radius 2 is 2.00 bits per heavy atom. The Hall–Kier alpha value is -1.67. The number of carbonyl (C=O) groups excluding carboxylic acids is 1. The molecule has 18 heavy (non-hydrogen) atoms. The van der Waals surface area contributed by atoms with Gasteiger partial charge in [0.2, 0.25) is 6.08 Å². The van der Waals surface area contributed by atoms with Crippen LogP contribution in [0.25, 0.3) is 0 Å². The van der Waals surface area contributed by atoms with Gasteiger partial charge in [0.15, 0.2) is 0 Å². The third-order valence-corrected chi connectivity index (χ3v) is 3.63. The van der Waals surface area contributed by atoms with E-state index in [1.165, 1.54) is 6.07 Å². The molecule has 0 radical (unpaired) electrons. The van der Waals surface area contributed by atoms with Crippen molar-refractivity contribution in [3.05, 3.63) is 29.6 Å². The van der Waals surface area contributed by atoms with E-state index in [4.69, 9.17) is 0 Å². The highest BCUT2D eigenvalue weighted by Gasteiger charge is 2.38. The molecule has 1 aromatic carbocycles. The second kappa shape index (κ2) is 4.91. The summed E-state index contributed by atoms with van der Waals surface area (Å²) in [7, 11) is 3.60. The number of hydrogen-bond acceptors (Lipinski definition) is 3. The van der Waals surface area contributed by atoms with Crippen molar-refractivity contribution < 1.29 is 9.18 Å². The molecule has 1 aliphatic rings. The molecule has 0 N–H and O–H groups in total. The van der Waals surface area contributed by atoms with Gasteiger partial charge in [-0.25, -0.2) is 9.18 Å². The number of anilines is 1. The van der Waals surface area contributed by atoms with Crippen molar-refractivity contribution in [1.29, 1.82) is 0 Å². The van der Waals surface area contributed by atoms with E-state index in [1.807, 2.05) is 6.07 Å². The summed E-state index contributed by atoms with van der Waals surface area (Å²) in [6, 6.07) is 4.98. The van der Waals surface area contributed by atoms with Crippen LogP contribution >= 0.6 is 0 Å². The quantitative estimate of drug-likeness (QED) is 0.608. The lowest BCUT2D eigenvalue weighted by Crippen LogP contribution is -2.24. The Balaban J connectivity index is 2.62. The Labute approximate surface area is 106 Å². The summed E-state index contributed by atoms with van der Waals surface area (Å²) in [6.45, 7) is 0. The van der Waals surface area contributed by atoms with Crippen LogP contribution in [0, 0.1) is 5.82 Å². The monoisotopic (exact) mass is 248 g/mol. The van der Waals surface area contributed by atoms with Crippen LogP contribution in [-0.4, -0.2) is 20.2 Å². The van der Waals surface area contributed by atoms with Gasteiger partial charge in [0.25, 0.3) is 0 Å². The van der Waals surface area contributed by atoms with Crippen molar-refractivity contribution >= 4 is 11.8 Å². The summed E-state index contributed by atoms with van der Waals surface area (Å²) >= 11 is 0. The number of isocyanates is 1. The molecule has 0 aromatic heterocycles. The summed E-state index contributed by atoms with van der Waals surface area (Å²) in [5.41, 5.74) is 0.746. The number of nitrogens with zero attached hydrogens (tertiary/aromatic N) is 2. The van der Waals surface area contributed by atoms with Gasteiger partial charge in [0, 0.05) is 19.7 Å². The molecule has 1 fully saturated rings. The fraction of sp³-hybridized carbons (Fsp3) is 0.500. The average molecular weight is 248 g/mol. The lowest BCUT2D eigenvalue weighted by atomic mass is 9.87. The maximum atomic E-state index is 14.0. The number of rotatable bonds is 3. The highest BCUT2D eigenvalue weighted by molar-refractivity contribution is 5.58. The molecule has 0 spiro atoms. The first-order valence-electron chi connectivity index (χ1n) is 6.16. The van der Waals surface area contributed by atoms with E-state index in [0.29, 0.717) is 5.69 Å². The molecule has 3 nitrogen and oxygen atoms in total. The second-order valence-electron chi connectivity index (χ2n) is 4.97. The molecule has 1 aromatic rings. The van der Waals surface area contributed by atoms with E-state index in [2.05, 4.69) is 4.99 Å². The minimum Gasteiger partial charge on any atom is -0.375 e. The predicted molar refractivity (Wildman–Crippen MR) is 69.0 cm³/mol. The largest absolute Gasteiger partial charge is 0.375 e. The van der Waals surface area contributed by atoms with Crippen molar-refractivity contribution in [3.63, 3.8) is 0 Å². The highest BCUT2D eigenvalue weighted by atomic mass is 19.1. The fourth-order valence-electron chi connectivity index (χ4n) is 2.83. The molecular weight excluding hydrogens is 231 g/mol. The number of hydrogen-bond donors (Lipinski definition) is 0. The fourth-order valence-corrected chi connectivity index (χ4v) is 2.83. The molecule has 0 amide bonds. The van der Waals surface area contributed by atoms with Crippen LogP contribution < -0.4 is 4.90 Å². The molecular formula is C14H17FN2O. The Morgan fingerprint density at radius 1 is 1.33 bits per heavy atom. The van der Waals surface area contributed by atoms with Gasteiger partial charge in [-0.1, -0.05) is 25.0 Å². The topological polar surface area (TPSA) is 32.7 Å². The lowest BCUT2D eigenvalue weighted by molar-refractivity contribution is 0.453. The van der Waals surface area contributed by atoms with Gasteiger partial charge >= 0.3 is 0 Å². The molecule has 0 heterocycles. The van der Waals surface area contributed by atoms with Crippen LogP contribution in [0.3, 0.4) is 0 Å². The predicted octanol–water partition coefficient (Wildman–Crippen LogP) is 3.00. The van der Waals surface area contributed by atoms with E-state index in [9.17, 15) is 9.18 Å². The smallest absolute Gasteiger partial charge is 0.235 e. The molecule has 0 atom stereocenters. The van der Waals surface area contributed by atoms with Crippen molar-refractivity contribution in [2.24, 2.45) is 4.99 Å². The van der Waals surface area contributed by atoms with Gasteiger partial charge < -0.3 is 4.90 Å². The minimum atomic E-state index is -0.580. The minimum absolute atomic E-state index is 0.273. The molecule has 4 heteroatoms. The number of para-hydroxylation sites is 1. The third-order valence-electron chi connectivity index (χ3n) is 3.63. The molecule has 0 bridgehead atoms. The van der Waals surface area contributed by atoms with E-state index in [1.54, 1.807) is 31.1 Å². The maximum Gasteiger partial charge on any atom is 0.235 e. The van der Waals surface area contributed by atoms with Crippen molar-refractivity contribution in [1.82, 2.24) is 0 Å². The number of benzene rings is 1. The van der Waals surface area contributed by atoms with Crippen molar-refractivity contribution in [3.8, 4) is 0 Å². The van der Waals surface area contributed by atoms with Gasteiger partial charge in [0.05, 0.1) is 5.69 Å². The molecule has 0 saturated heterocycles. The zero-order valence-electron chi connectivity index (χ0n) is 10.7. The normalized spacial score (nSPS) is 17.3. The van der Waals surface area contributed by atoms with Crippen LogP contribution in [0.1, 0.15) is 31.2 Å². The summed E-state index contributed by atoms with van der Waals surface area (Å²) in [5, 5.41) is 0. The summed E-state index contributed by atoms with van der Waals surface area (Å²) < 4.78 is 14.0. The summed E-state index contributed by atoms with van der Waals surface area (Å²) in [4.78, 5) is 16.5. The van der Waals surface area contributed by atoms with E-state index in [0.717, 1.165) is 31.2 Å². The molecule has 1 aliphatic carbocycles. The zero-order valence-corrected chi connectivity index (χ0v) is 10.7. The second-order valence-corrected chi connectivity index (χ2v) is 4.97. The third kappa shape index (κ3) is 2.04. The Bertz CT molecular complexity index is 487. The SMILES string of the molecule is CN(C)c1c(F)cccc1C1(N=C=O)CCCC1. The van der Waals surface area contributed by atoms with E-state index >= 15 is 0 Å². The molecule has 1 saturated carbocycles. The van der Waals surface area contributed by atoms with Gasteiger partial charge in [-0.15, -0.1) is 0 Å². The molecule has 2 rings (SSSR count). The summed E-state index contributed by atoms with van der Waals surface area (Å²) in [6.07, 6.45) is 5.25. The lowest BCUT2D eigenvalue weighted by Gasteiger charge is -2.28. The number of halogens is 1. The first-order chi connectivity index (χ1) is 8.60. The van der Waals surface area contributed by atoms with Crippen LogP contribution in [0.5, 0.6) is 0 Å². The molecule has 0 unspecified atom stereocenters. The molecule has 96 valence electrons. The van der Waals surface area contributed by atoms with Crippen molar-refractivity contribution in [2.45, 2.75) is 31.2 Å². The van der Waals surface area contributed by atoms with Crippen molar-refractivity contribution in [2.75, 3.05) is 19.0 Å². The maximum absolute atomic E-state index is 14.0. The standard InChI is InChI=1S/C14H17FN2O/c1-17(2)13-11(6-5-7-12(13)15)14(16-10-18)8-3-4-9-14/h5-7H,3-4,8-9H2,1-2H3. The van der Waals surface area contributed by atoms with Gasteiger partial charge in [-0.3, -0.25) is 0 Å². The first-order valence-corrected chi connectivity index (χ1v) is 6.16. The highest BCUT2D eigenvalue weighted by Crippen LogP contribution is 2.46. The average Bonchev–Trinajstić information content (AvgIpc) is 2.78. The van der Waals surface area contributed by atoms with Crippen LogP contribution in [0.2, 0.25) is 0 Å². The van der Waals surface area contributed by atoms with Crippen LogP contribution in [0.15, 0.2) is 23.2 Å². The Kier molecular flexibility index (Phi) is 3.48. The number of aliphatic imine (C=N–C) groups is 1. The van der Waals surface area contributed by atoms with E-state index < -0.39 is 5.54 Å². The molecule has 0 aliphatic heterocycles. The summed E-state index contributed by atoms with van der Waals surface area (Å²) in [5.74, 6) is -0.273.